The van der Waals surface area contributed by atoms with Crippen molar-refractivity contribution in [1.82, 2.24) is 9.38 Å². The molecule has 0 saturated heterocycles. The van der Waals surface area contributed by atoms with Crippen molar-refractivity contribution in [1.29, 1.82) is 0 Å². The zero-order valence-corrected chi connectivity index (χ0v) is 10.7. The van der Waals surface area contributed by atoms with Crippen LogP contribution in [0.25, 0.3) is 5.65 Å². The normalized spacial score (nSPS) is 11.5. The quantitative estimate of drug-likeness (QED) is 0.863. The third-order valence-electron chi connectivity index (χ3n) is 2.48. The van der Waals surface area contributed by atoms with Gasteiger partial charge in [0.2, 0.25) is 0 Å². The molecular weight excluding hydrogens is 254 g/mol. The molecule has 2 aromatic rings. The summed E-state index contributed by atoms with van der Waals surface area (Å²) in [6, 6.07) is 2.05. The molecule has 0 fully saturated rings. The van der Waals surface area contributed by atoms with Gasteiger partial charge in [-0.15, -0.1) is 0 Å². The number of aromatic nitrogens is 2. The van der Waals surface area contributed by atoms with Crippen LogP contribution in [-0.4, -0.2) is 9.38 Å². The Morgan fingerprint density at radius 3 is 2.73 bits per heavy atom. The Morgan fingerprint density at radius 1 is 1.47 bits per heavy atom. The number of anilines is 1. The van der Waals surface area contributed by atoms with E-state index < -0.39 is 0 Å². The standard InChI is InChI=1S/C11H14BrN3/c1-6(2)9-10(13)15-5-8(12)4-7(3)11(15)14-9/h4-6H,13H2,1-3H3. The third kappa shape index (κ3) is 1.63. The predicted octanol–water partition coefficient (Wildman–Crippen LogP) is 3.11. The number of imidazole rings is 1. The number of nitrogens with two attached hydrogens (primary N) is 1. The van der Waals surface area contributed by atoms with Gasteiger partial charge in [-0.2, -0.15) is 0 Å². The monoisotopic (exact) mass is 267 g/mol. The SMILES string of the molecule is Cc1cc(Br)cn2c(N)c(C(C)C)nc12. The summed E-state index contributed by atoms with van der Waals surface area (Å²) in [6.45, 7) is 6.24. The van der Waals surface area contributed by atoms with Crippen LogP contribution in [0.2, 0.25) is 0 Å². The molecule has 80 valence electrons. The molecule has 0 amide bonds. The maximum absolute atomic E-state index is 6.06. The molecule has 0 atom stereocenters. The average Bonchev–Trinajstić information content (AvgIpc) is 2.44. The molecule has 0 aromatic carbocycles. The van der Waals surface area contributed by atoms with Crippen molar-refractivity contribution in [2.24, 2.45) is 0 Å². The maximum Gasteiger partial charge on any atom is 0.141 e. The van der Waals surface area contributed by atoms with Crippen LogP contribution in [0, 0.1) is 6.92 Å². The second-order valence-corrected chi connectivity index (χ2v) is 4.99. The van der Waals surface area contributed by atoms with Crippen LogP contribution in [-0.2, 0) is 0 Å². The number of hydrogen-bond acceptors (Lipinski definition) is 2. The molecule has 0 aliphatic heterocycles. The average molecular weight is 268 g/mol. The first kappa shape index (κ1) is 10.5. The number of pyridine rings is 1. The highest BCUT2D eigenvalue weighted by atomic mass is 79.9. The van der Waals surface area contributed by atoms with E-state index in [1.54, 1.807) is 0 Å². The summed E-state index contributed by atoms with van der Waals surface area (Å²) in [7, 11) is 0. The molecule has 3 nitrogen and oxygen atoms in total. The van der Waals surface area contributed by atoms with Crippen molar-refractivity contribution in [3.8, 4) is 0 Å². The number of halogens is 1. The van der Waals surface area contributed by atoms with E-state index in [0.717, 1.165) is 27.2 Å². The van der Waals surface area contributed by atoms with E-state index in [9.17, 15) is 0 Å². The minimum atomic E-state index is 0.350. The predicted molar refractivity (Wildman–Crippen MR) is 66.1 cm³/mol. The molecule has 15 heavy (non-hydrogen) atoms. The van der Waals surface area contributed by atoms with Gasteiger partial charge in [0.05, 0.1) is 5.69 Å². The highest BCUT2D eigenvalue weighted by Gasteiger charge is 2.13. The van der Waals surface area contributed by atoms with Gasteiger partial charge in [0, 0.05) is 10.7 Å². The summed E-state index contributed by atoms with van der Waals surface area (Å²) < 4.78 is 2.96. The van der Waals surface area contributed by atoms with Gasteiger partial charge in [0.25, 0.3) is 0 Å². The van der Waals surface area contributed by atoms with Crippen LogP contribution >= 0.6 is 15.9 Å². The van der Waals surface area contributed by atoms with Gasteiger partial charge in [-0.1, -0.05) is 13.8 Å². The molecule has 0 saturated carbocycles. The second kappa shape index (κ2) is 3.52. The van der Waals surface area contributed by atoms with Crippen LogP contribution < -0.4 is 5.73 Å². The van der Waals surface area contributed by atoms with Gasteiger partial charge in [0.15, 0.2) is 0 Å². The van der Waals surface area contributed by atoms with Gasteiger partial charge < -0.3 is 5.73 Å². The zero-order valence-electron chi connectivity index (χ0n) is 9.08. The Hall–Kier alpha value is -1.03. The second-order valence-electron chi connectivity index (χ2n) is 4.07. The minimum absolute atomic E-state index is 0.350. The highest BCUT2D eigenvalue weighted by molar-refractivity contribution is 9.10. The van der Waals surface area contributed by atoms with E-state index in [0.29, 0.717) is 5.92 Å². The van der Waals surface area contributed by atoms with E-state index in [1.807, 2.05) is 23.6 Å². The zero-order chi connectivity index (χ0) is 11.2. The van der Waals surface area contributed by atoms with Gasteiger partial charge in [-0.25, -0.2) is 4.98 Å². The van der Waals surface area contributed by atoms with Gasteiger partial charge >= 0.3 is 0 Å². The van der Waals surface area contributed by atoms with Crippen molar-refractivity contribution in [2.45, 2.75) is 26.7 Å². The lowest BCUT2D eigenvalue weighted by Crippen LogP contribution is -1.97. The summed E-state index contributed by atoms with van der Waals surface area (Å²) in [5.74, 6) is 1.09. The molecule has 2 rings (SSSR count). The van der Waals surface area contributed by atoms with Gasteiger partial charge in [-0.05, 0) is 40.4 Å². The first-order valence-electron chi connectivity index (χ1n) is 4.94. The lowest BCUT2D eigenvalue weighted by atomic mass is 10.1. The summed E-state index contributed by atoms with van der Waals surface area (Å²) in [4.78, 5) is 4.57. The fourth-order valence-electron chi connectivity index (χ4n) is 1.73. The fraction of sp³-hybridized carbons (Fsp3) is 0.364. The Bertz CT molecular complexity index is 514. The number of fused-ring (bicyclic) bond motifs is 1. The number of nitrogens with zero attached hydrogens (tertiary/aromatic N) is 2. The molecule has 4 heteroatoms. The van der Waals surface area contributed by atoms with E-state index in [2.05, 4.69) is 34.8 Å². The fourth-order valence-corrected chi connectivity index (χ4v) is 2.28. The van der Waals surface area contributed by atoms with Crippen LogP contribution in [0.4, 0.5) is 5.82 Å². The van der Waals surface area contributed by atoms with Crippen LogP contribution in [0.15, 0.2) is 16.7 Å². The molecule has 2 N–H and O–H groups in total. The summed E-state index contributed by atoms with van der Waals surface area (Å²) in [5.41, 5.74) is 9.10. The highest BCUT2D eigenvalue weighted by Crippen LogP contribution is 2.26. The molecule has 0 radical (unpaired) electrons. The number of aryl methyl sites for hydroxylation is 1. The molecule has 2 aromatic heterocycles. The Labute approximate surface area is 97.4 Å². The number of nitrogen functional groups attached to an aromatic ring is 1. The lowest BCUT2D eigenvalue weighted by Gasteiger charge is -2.02. The molecule has 2 heterocycles. The number of hydrogen-bond donors (Lipinski definition) is 1. The molecular formula is C11H14BrN3. The molecule has 0 aliphatic rings. The minimum Gasteiger partial charge on any atom is -0.383 e. The third-order valence-corrected chi connectivity index (χ3v) is 2.92. The van der Waals surface area contributed by atoms with Gasteiger partial charge in [0.1, 0.15) is 11.5 Å². The molecule has 0 spiro atoms. The molecule has 0 bridgehead atoms. The maximum atomic E-state index is 6.06. The first-order valence-corrected chi connectivity index (χ1v) is 5.73. The first-order chi connectivity index (χ1) is 7.00. The lowest BCUT2D eigenvalue weighted by molar-refractivity contribution is 0.838. The number of rotatable bonds is 1. The molecule has 0 unspecified atom stereocenters. The van der Waals surface area contributed by atoms with Crippen molar-refractivity contribution < 1.29 is 0 Å². The van der Waals surface area contributed by atoms with Gasteiger partial charge in [-0.3, -0.25) is 4.40 Å². The van der Waals surface area contributed by atoms with E-state index in [4.69, 9.17) is 5.73 Å². The summed E-state index contributed by atoms with van der Waals surface area (Å²) >= 11 is 3.46. The smallest absolute Gasteiger partial charge is 0.141 e. The van der Waals surface area contributed by atoms with Crippen molar-refractivity contribution in [3.05, 3.63) is 28.0 Å². The summed E-state index contributed by atoms with van der Waals surface area (Å²) in [5, 5.41) is 0. The van der Waals surface area contributed by atoms with Crippen LogP contribution in [0.3, 0.4) is 0 Å². The Morgan fingerprint density at radius 2 is 2.13 bits per heavy atom. The van der Waals surface area contributed by atoms with E-state index in [1.165, 1.54) is 0 Å². The van der Waals surface area contributed by atoms with E-state index >= 15 is 0 Å². The van der Waals surface area contributed by atoms with Crippen LogP contribution in [0.1, 0.15) is 31.0 Å². The molecule has 0 aliphatic carbocycles. The van der Waals surface area contributed by atoms with Crippen molar-refractivity contribution in [2.75, 3.05) is 5.73 Å². The topological polar surface area (TPSA) is 43.3 Å². The summed E-state index contributed by atoms with van der Waals surface area (Å²) in [6.07, 6.45) is 1.95. The Kier molecular flexibility index (Phi) is 2.46. The Balaban J connectivity index is 2.82. The van der Waals surface area contributed by atoms with Crippen molar-refractivity contribution in [3.63, 3.8) is 0 Å². The van der Waals surface area contributed by atoms with Crippen molar-refractivity contribution >= 4 is 27.4 Å². The van der Waals surface area contributed by atoms with E-state index in [-0.39, 0.29) is 0 Å². The van der Waals surface area contributed by atoms with Crippen LogP contribution in [0.5, 0.6) is 0 Å². The largest absolute Gasteiger partial charge is 0.383 e.